The third kappa shape index (κ3) is 7.22. The maximum Gasteiger partial charge on any atom is 0.137 e. The van der Waals surface area contributed by atoms with Crippen molar-refractivity contribution in [1.29, 1.82) is 0 Å². The predicted molar refractivity (Wildman–Crippen MR) is 146 cm³/mol. The lowest BCUT2D eigenvalue weighted by Gasteiger charge is -2.27. The van der Waals surface area contributed by atoms with Crippen molar-refractivity contribution < 1.29 is 19.7 Å². The average Bonchev–Trinajstić information content (AvgIpc) is 3.20. The molecular weight excluding hydrogens is 604 g/mol. The lowest BCUT2D eigenvalue weighted by atomic mass is 9.78. The minimum Gasteiger partial charge on any atom is -0.492 e. The fourth-order valence-corrected chi connectivity index (χ4v) is 4.31. The van der Waals surface area contributed by atoms with Crippen LogP contribution in [0.4, 0.5) is 0 Å². The first-order valence-corrected chi connectivity index (χ1v) is 13.2. The molecule has 7 nitrogen and oxygen atoms in total. The lowest BCUT2D eigenvalue weighted by Crippen LogP contribution is -2.25. The molecule has 3 rings (SSSR count). The van der Waals surface area contributed by atoms with Gasteiger partial charge < -0.3 is 19.7 Å². The van der Waals surface area contributed by atoms with Gasteiger partial charge >= 0.3 is 0 Å². The van der Waals surface area contributed by atoms with Gasteiger partial charge in [0, 0.05) is 17.2 Å². The summed E-state index contributed by atoms with van der Waals surface area (Å²) in [5.41, 5.74) is 2.35. The molecule has 10 heteroatoms. The molecule has 0 fully saturated rings. The smallest absolute Gasteiger partial charge is 0.137 e. The Morgan fingerprint density at radius 3 is 2.37 bits per heavy atom. The highest BCUT2D eigenvalue weighted by molar-refractivity contribution is 14.1. The Kier molecular flexibility index (Phi) is 10.1. The lowest BCUT2D eigenvalue weighted by molar-refractivity contribution is 0.0881. The molecular formula is C25H30Cl2IN3O4. The molecule has 190 valence electrons. The number of alkyl halides is 1. The molecule has 2 aromatic carbocycles. The number of aliphatic hydroxyl groups is 2. The molecule has 2 N–H and O–H groups in total. The summed E-state index contributed by atoms with van der Waals surface area (Å²) >= 11 is 14.4. The van der Waals surface area contributed by atoms with Crippen molar-refractivity contribution in [1.82, 2.24) is 15.0 Å². The van der Waals surface area contributed by atoms with Crippen LogP contribution in [-0.4, -0.2) is 50.4 Å². The largest absolute Gasteiger partial charge is 0.492 e. The zero-order valence-electron chi connectivity index (χ0n) is 19.9. The SMILES string of the molecule is C[C@@H](CCl)COc1ccc(C(C)(C)c2ccc(OC[C@H](O)Cn3nnc(CO)c3I)cc2)cc1Cl. The van der Waals surface area contributed by atoms with Crippen molar-refractivity contribution in [2.45, 2.75) is 45.4 Å². The summed E-state index contributed by atoms with van der Waals surface area (Å²) in [6.07, 6.45) is -0.775. The minimum atomic E-state index is -0.775. The summed E-state index contributed by atoms with van der Waals surface area (Å²) in [7, 11) is 0. The second-order valence-electron chi connectivity index (χ2n) is 9.00. The van der Waals surface area contributed by atoms with Crippen molar-refractivity contribution in [2.24, 2.45) is 5.92 Å². The summed E-state index contributed by atoms with van der Waals surface area (Å²) in [5.74, 6) is 2.09. The summed E-state index contributed by atoms with van der Waals surface area (Å²) < 4.78 is 13.8. The van der Waals surface area contributed by atoms with E-state index in [1.54, 1.807) is 4.68 Å². The molecule has 0 bridgehead atoms. The Labute approximate surface area is 229 Å². The Bertz CT molecular complexity index is 1110. The van der Waals surface area contributed by atoms with Crippen molar-refractivity contribution in [3.63, 3.8) is 0 Å². The summed E-state index contributed by atoms with van der Waals surface area (Å²) in [5, 5.41) is 27.9. The number of rotatable bonds is 12. The van der Waals surface area contributed by atoms with Crippen LogP contribution in [0, 0.1) is 9.62 Å². The normalized spacial score (nSPS) is 13.5. The van der Waals surface area contributed by atoms with Crippen molar-refractivity contribution >= 4 is 45.8 Å². The Balaban J connectivity index is 1.60. The second-order valence-corrected chi connectivity index (χ2v) is 10.7. The van der Waals surface area contributed by atoms with Gasteiger partial charge in [0.15, 0.2) is 0 Å². The van der Waals surface area contributed by atoms with Gasteiger partial charge in [-0.05, 0) is 58.0 Å². The summed E-state index contributed by atoms with van der Waals surface area (Å²) in [4.78, 5) is 0. The molecule has 0 aliphatic heterocycles. The fraction of sp³-hybridized carbons (Fsp3) is 0.440. The van der Waals surface area contributed by atoms with E-state index in [1.807, 2.05) is 72.0 Å². The van der Waals surface area contributed by atoms with Crippen molar-refractivity contribution in [2.75, 3.05) is 19.1 Å². The number of hydrogen-bond acceptors (Lipinski definition) is 6. The van der Waals surface area contributed by atoms with E-state index < -0.39 is 6.10 Å². The topological polar surface area (TPSA) is 89.6 Å². The van der Waals surface area contributed by atoms with Gasteiger partial charge in [-0.1, -0.05) is 55.8 Å². The quantitative estimate of drug-likeness (QED) is 0.214. The molecule has 2 atom stereocenters. The van der Waals surface area contributed by atoms with Crippen LogP contribution in [0.25, 0.3) is 0 Å². The number of halogens is 3. The molecule has 35 heavy (non-hydrogen) atoms. The van der Waals surface area contributed by atoms with Crippen LogP contribution < -0.4 is 9.47 Å². The predicted octanol–water partition coefficient (Wildman–Crippen LogP) is 5.05. The van der Waals surface area contributed by atoms with Crippen LogP contribution >= 0.6 is 45.8 Å². The number of benzene rings is 2. The highest BCUT2D eigenvalue weighted by atomic mass is 127. The van der Waals surface area contributed by atoms with E-state index in [2.05, 4.69) is 24.2 Å². The molecule has 0 aliphatic rings. The van der Waals surface area contributed by atoms with Crippen molar-refractivity contribution in [3.8, 4) is 11.5 Å². The Morgan fingerprint density at radius 1 is 1.09 bits per heavy atom. The van der Waals surface area contributed by atoms with Crippen LogP contribution in [0.15, 0.2) is 42.5 Å². The first kappa shape index (κ1) is 28.0. The minimum absolute atomic E-state index is 0.104. The molecule has 0 saturated carbocycles. The van der Waals surface area contributed by atoms with Gasteiger partial charge in [-0.3, -0.25) is 0 Å². The number of aliphatic hydroxyl groups excluding tert-OH is 2. The number of hydrogen-bond donors (Lipinski definition) is 2. The van der Waals surface area contributed by atoms with E-state index in [-0.39, 0.29) is 31.1 Å². The van der Waals surface area contributed by atoms with Gasteiger partial charge in [-0.2, -0.15) is 0 Å². The van der Waals surface area contributed by atoms with Gasteiger partial charge in [0.05, 0.1) is 24.8 Å². The van der Waals surface area contributed by atoms with Gasteiger partial charge in [0.25, 0.3) is 0 Å². The molecule has 0 amide bonds. The molecule has 0 spiro atoms. The molecule has 0 saturated heterocycles. The summed E-state index contributed by atoms with van der Waals surface area (Å²) in [6.45, 7) is 6.95. The standard InChI is InChI=1S/C25H30Cl2IN3O4/c1-16(11-26)14-35-23-9-6-18(10-21(23)27)25(2,3)17-4-7-20(8-5-17)34-15-19(33)12-31-24(28)22(13-32)29-30-31/h4-10,16,19,32-33H,11-15H2,1-3H3/t16-,19+/m0/s1. The summed E-state index contributed by atoms with van der Waals surface area (Å²) in [6, 6.07) is 13.7. The maximum absolute atomic E-state index is 10.3. The molecule has 0 aliphatic carbocycles. The van der Waals surface area contributed by atoms with E-state index in [0.29, 0.717) is 38.4 Å². The van der Waals surface area contributed by atoms with Gasteiger partial charge in [-0.25, -0.2) is 4.68 Å². The van der Waals surface area contributed by atoms with Gasteiger partial charge in [-0.15, -0.1) is 16.7 Å². The van der Waals surface area contributed by atoms with Crippen LogP contribution in [0.5, 0.6) is 11.5 Å². The number of aromatic nitrogens is 3. The third-order valence-corrected chi connectivity index (χ3v) is 7.73. The van der Waals surface area contributed by atoms with E-state index in [4.69, 9.17) is 32.7 Å². The first-order valence-electron chi connectivity index (χ1n) is 11.2. The van der Waals surface area contributed by atoms with Gasteiger partial charge in [0.1, 0.15) is 33.6 Å². The molecule has 3 aromatic rings. The van der Waals surface area contributed by atoms with Crippen LogP contribution in [-0.2, 0) is 18.6 Å². The van der Waals surface area contributed by atoms with Crippen molar-refractivity contribution in [3.05, 3.63) is 68.0 Å². The Hall–Kier alpha value is -1.59. The van der Waals surface area contributed by atoms with E-state index in [1.165, 1.54) is 0 Å². The zero-order chi connectivity index (χ0) is 25.6. The van der Waals surface area contributed by atoms with Crippen LogP contribution in [0.2, 0.25) is 5.02 Å². The second kappa shape index (κ2) is 12.6. The Morgan fingerprint density at radius 2 is 1.77 bits per heavy atom. The van der Waals surface area contributed by atoms with Crippen LogP contribution in [0.1, 0.15) is 37.6 Å². The van der Waals surface area contributed by atoms with Crippen LogP contribution in [0.3, 0.4) is 0 Å². The van der Waals surface area contributed by atoms with Gasteiger partial charge in [0.2, 0.25) is 0 Å². The monoisotopic (exact) mass is 633 g/mol. The zero-order valence-corrected chi connectivity index (χ0v) is 23.6. The first-order chi connectivity index (χ1) is 16.6. The number of nitrogens with zero attached hydrogens (tertiary/aromatic N) is 3. The third-order valence-electron chi connectivity index (χ3n) is 5.73. The number of ether oxygens (including phenoxy) is 2. The highest BCUT2D eigenvalue weighted by Crippen LogP contribution is 2.36. The fourth-order valence-electron chi connectivity index (χ4n) is 3.41. The van der Waals surface area contributed by atoms with E-state index in [0.717, 1.165) is 11.1 Å². The molecule has 0 unspecified atom stereocenters. The van der Waals surface area contributed by atoms with E-state index >= 15 is 0 Å². The molecule has 1 aromatic heterocycles. The maximum atomic E-state index is 10.3. The molecule has 0 radical (unpaired) electrons. The highest BCUT2D eigenvalue weighted by Gasteiger charge is 2.24. The average molecular weight is 634 g/mol. The van der Waals surface area contributed by atoms with E-state index in [9.17, 15) is 10.2 Å². The molecule has 1 heterocycles.